The molecule has 1 fully saturated rings. The average molecular weight is 362 g/mol. The van der Waals surface area contributed by atoms with Gasteiger partial charge in [-0.25, -0.2) is 0 Å². The van der Waals surface area contributed by atoms with Crippen LogP contribution in [0.4, 0.5) is 0 Å². The minimum atomic E-state index is -0.466. The topological polar surface area (TPSA) is 58.6 Å². The third-order valence-electron chi connectivity index (χ3n) is 4.69. The fourth-order valence-corrected chi connectivity index (χ4v) is 3.34. The van der Waals surface area contributed by atoms with E-state index in [1.807, 2.05) is 42.5 Å². The molecular weight excluding hydrogens is 340 g/mol. The van der Waals surface area contributed by atoms with Gasteiger partial charge < -0.3 is 15.0 Å². The Morgan fingerprint density at radius 2 is 1.96 bits per heavy atom. The van der Waals surface area contributed by atoms with E-state index in [0.29, 0.717) is 18.5 Å². The third-order valence-corrected chi connectivity index (χ3v) is 4.69. The van der Waals surface area contributed by atoms with Gasteiger partial charge in [0.1, 0.15) is 11.8 Å². The Hall–Kier alpha value is -3.26. The lowest BCUT2D eigenvalue weighted by Gasteiger charge is -2.24. The Bertz CT molecular complexity index is 885. The number of carbonyl (C=O) groups excluding carboxylic acids is 2. The van der Waals surface area contributed by atoms with E-state index >= 15 is 0 Å². The molecule has 0 bridgehead atoms. The quantitative estimate of drug-likeness (QED) is 0.832. The number of carbonyl (C=O) groups is 2. The lowest BCUT2D eigenvalue weighted by molar-refractivity contribution is -0.124. The minimum Gasteiger partial charge on any atom is -0.497 e. The van der Waals surface area contributed by atoms with Crippen molar-refractivity contribution in [2.45, 2.75) is 18.9 Å². The van der Waals surface area contributed by atoms with Crippen LogP contribution in [-0.2, 0) is 4.79 Å². The second-order valence-corrected chi connectivity index (χ2v) is 6.39. The average Bonchev–Trinajstić information content (AvgIpc) is 3.21. The van der Waals surface area contributed by atoms with Crippen molar-refractivity contribution in [2.75, 3.05) is 20.2 Å². The number of rotatable bonds is 5. The summed E-state index contributed by atoms with van der Waals surface area (Å²) in [6, 6.07) is 14.7. The van der Waals surface area contributed by atoms with Crippen molar-refractivity contribution in [3.63, 3.8) is 0 Å². The molecule has 1 saturated heterocycles. The molecule has 0 saturated carbocycles. The van der Waals surface area contributed by atoms with Gasteiger partial charge in [0.15, 0.2) is 0 Å². The molecule has 0 spiro atoms. The van der Waals surface area contributed by atoms with Crippen LogP contribution in [0, 0.1) is 12.3 Å². The van der Waals surface area contributed by atoms with Gasteiger partial charge in [-0.1, -0.05) is 30.2 Å². The van der Waals surface area contributed by atoms with Gasteiger partial charge in [0.05, 0.1) is 13.7 Å². The minimum absolute atomic E-state index is 0.141. The number of benzene rings is 2. The first-order chi connectivity index (χ1) is 13.1. The van der Waals surface area contributed by atoms with Crippen molar-refractivity contribution in [3.8, 4) is 29.2 Å². The van der Waals surface area contributed by atoms with Gasteiger partial charge in [-0.15, -0.1) is 6.42 Å². The van der Waals surface area contributed by atoms with Gasteiger partial charge in [0.2, 0.25) is 5.91 Å². The molecule has 5 heteroatoms. The molecular formula is C22H22N2O3. The van der Waals surface area contributed by atoms with Crippen molar-refractivity contribution >= 4 is 11.8 Å². The predicted molar refractivity (Wildman–Crippen MR) is 104 cm³/mol. The molecule has 0 aliphatic carbocycles. The van der Waals surface area contributed by atoms with Gasteiger partial charge >= 0.3 is 0 Å². The first kappa shape index (κ1) is 18.5. The Kier molecular flexibility index (Phi) is 5.77. The molecule has 0 radical (unpaired) electrons. The summed E-state index contributed by atoms with van der Waals surface area (Å²) < 4.78 is 5.27. The summed E-state index contributed by atoms with van der Waals surface area (Å²) in [5.74, 6) is 2.81. The molecule has 1 heterocycles. The number of hydrogen-bond donors (Lipinski definition) is 1. The van der Waals surface area contributed by atoms with Gasteiger partial charge in [-0.3, -0.25) is 9.59 Å². The highest BCUT2D eigenvalue weighted by atomic mass is 16.5. The molecule has 1 aliphatic rings. The zero-order chi connectivity index (χ0) is 19.2. The molecule has 138 valence electrons. The summed E-state index contributed by atoms with van der Waals surface area (Å²) in [5.41, 5.74) is 2.45. The van der Waals surface area contributed by atoms with E-state index < -0.39 is 6.04 Å². The van der Waals surface area contributed by atoms with E-state index in [1.54, 1.807) is 18.1 Å². The largest absolute Gasteiger partial charge is 0.497 e. The van der Waals surface area contributed by atoms with Crippen molar-refractivity contribution in [2.24, 2.45) is 0 Å². The normalized spacial score (nSPS) is 15.9. The van der Waals surface area contributed by atoms with E-state index in [1.165, 1.54) is 0 Å². The highest BCUT2D eigenvalue weighted by Gasteiger charge is 2.34. The zero-order valence-corrected chi connectivity index (χ0v) is 15.3. The van der Waals surface area contributed by atoms with Crippen LogP contribution in [0.2, 0.25) is 0 Å². The molecule has 1 unspecified atom stereocenters. The number of likely N-dealkylation sites (tertiary alicyclic amines) is 1. The maximum atomic E-state index is 13.0. The molecule has 27 heavy (non-hydrogen) atoms. The highest BCUT2D eigenvalue weighted by Crippen LogP contribution is 2.26. The van der Waals surface area contributed by atoms with Crippen LogP contribution < -0.4 is 10.1 Å². The maximum absolute atomic E-state index is 13.0. The van der Waals surface area contributed by atoms with E-state index in [0.717, 1.165) is 23.3 Å². The number of hydrogen-bond acceptors (Lipinski definition) is 3. The van der Waals surface area contributed by atoms with Crippen LogP contribution in [0.15, 0.2) is 48.5 Å². The lowest BCUT2D eigenvalue weighted by Crippen LogP contribution is -2.46. The summed E-state index contributed by atoms with van der Waals surface area (Å²) in [6.45, 7) is 0.735. The summed E-state index contributed by atoms with van der Waals surface area (Å²) in [5, 5.41) is 2.68. The van der Waals surface area contributed by atoms with Gasteiger partial charge in [-0.2, -0.15) is 0 Å². The first-order valence-electron chi connectivity index (χ1n) is 8.90. The Balaban J connectivity index is 1.82. The van der Waals surface area contributed by atoms with E-state index in [2.05, 4.69) is 11.2 Å². The predicted octanol–water partition coefficient (Wildman–Crippen LogP) is 2.72. The van der Waals surface area contributed by atoms with E-state index in [9.17, 15) is 9.59 Å². The molecule has 5 nitrogen and oxygen atoms in total. The summed E-state index contributed by atoms with van der Waals surface area (Å²) in [6.07, 6.45) is 6.65. The lowest BCUT2D eigenvalue weighted by atomic mass is 10.0. The summed E-state index contributed by atoms with van der Waals surface area (Å²) in [4.78, 5) is 27.0. The molecule has 0 aromatic heterocycles. The molecule has 2 aromatic carbocycles. The Morgan fingerprint density at radius 3 is 2.70 bits per heavy atom. The molecule has 2 aromatic rings. The fourth-order valence-electron chi connectivity index (χ4n) is 3.34. The van der Waals surface area contributed by atoms with Crippen LogP contribution in [-0.4, -0.2) is 43.0 Å². The standard InChI is InChI=1S/C22H22N2O3/c1-3-12-23-21(25)20-11-6-13-24(20)22(26)18-9-4-7-16(14-18)17-8-5-10-19(15-17)27-2/h1,4-5,7-10,14-15,20H,6,11-13H2,2H3,(H,23,25). The monoisotopic (exact) mass is 362 g/mol. The van der Waals surface area contributed by atoms with Crippen LogP contribution in [0.5, 0.6) is 5.75 Å². The van der Waals surface area contributed by atoms with Crippen LogP contribution in [0.1, 0.15) is 23.2 Å². The Morgan fingerprint density at radius 1 is 1.22 bits per heavy atom. The Labute approximate surface area is 159 Å². The second-order valence-electron chi connectivity index (χ2n) is 6.39. The van der Waals surface area contributed by atoms with Crippen LogP contribution in [0.25, 0.3) is 11.1 Å². The SMILES string of the molecule is C#CCNC(=O)C1CCCN1C(=O)c1cccc(-c2cccc(OC)c2)c1. The third kappa shape index (κ3) is 4.12. The molecule has 2 amide bonds. The number of terminal acetylenes is 1. The number of amides is 2. The number of ether oxygens (including phenoxy) is 1. The number of nitrogens with one attached hydrogen (secondary N) is 1. The van der Waals surface area contributed by atoms with Crippen molar-refractivity contribution in [1.29, 1.82) is 0 Å². The van der Waals surface area contributed by atoms with Crippen molar-refractivity contribution < 1.29 is 14.3 Å². The van der Waals surface area contributed by atoms with Gasteiger partial charge in [-0.05, 0) is 48.2 Å². The fraction of sp³-hybridized carbons (Fsp3) is 0.273. The first-order valence-corrected chi connectivity index (χ1v) is 8.90. The van der Waals surface area contributed by atoms with Crippen molar-refractivity contribution in [1.82, 2.24) is 10.2 Å². The number of nitrogens with zero attached hydrogens (tertiary/aromatic N) is 1. The highest BCUT2D eigenvalue weighted by molar-refractivity contribution is 5.98. The van der Waals surface area contributed by atoms with Gasteiger partial charge in [0, 0.05) is 12.1 Å². The zero-order valence-electron chi connectivity index (χ0n) is 15.3. The molecule has 3 rings (SSSR count). The van der Waals surface area contributed by atoms with Gasteiger partial charge in [0.25, 0.3) is 5.91 Å². The van der Waals surface area contributed by atoms with Crippen molar-refractivity contribution in [3.05, 3.63) is 54.1 Å². The second kappa shape index (κ2) is 8.41. The van der Waals surface area contributed by atoms with E-state index in [-0.39, 0.29) is 18.4 Å². The van der Waals surface area contributed by atoms with E-state index in [4.69, 9.17) is 11.2 Å². The summed E-state index contributed by atoms with van der Waals surface area (Å²) in [7, 11) is 1.62. The van der Waals surface area contributed by atoms with Crippen LogP contribution in [0.3, 0.4) is 0 Å². The molecule has 1 N–H and O–H groups in total. The molecule has 1 atom stereocenters. The summed E-state index contributed by atoms with van der Waals surface area (Å²) >= 11 is 0. The van der Waals surface area contributed by atoms with Crippen LogP contribution >= 0.6 is 0 Å². The number of methoxy groups -OCH3 is 1. The molecule has 1 aliphatic heterocycles. The smallest absolute Gasteiger partial charge is 0.254 e. The maximum Gasteiger partial charge on any atom is 0.254 e.